The first-order chi connectivity index (χ1) is 14.0. The Bertz CT molecular complexity index is 921. The molecule has 0 aliphatic heterocycles. The largest absolute Gasteiger partial charge is 0.493 e. The van der Waals surface area contributed by atoms with Crippen molar-refractivity contribution in [3.8, 4) is 23.0 Å². The van der Waals surface area contributed by atoms with E-state index in [9.17, 15) is 9.59 Å². The Hall–Kier alpha value is -3.68. The molecule has 2 aromatic rings. The quantitative estimate of drug-likeness (QED) is 0.536. The molecule has 0 unspecified atom stereocenters. The molecule has 0 atom stereocenters. The predicted octanol–water partition coefficient (Wildman–Crippen LogP) is 3.16. The SMILES string of the molecule is COC(=O)c1cc(OC)c(OC)cc1NC(=O)/C=C/c1cccc(OC)c1OC. The van der Waals surface area contributed by atoms with E-state index in [0.29, 0.717) is 28.6 Å². The molecular weight excluding hydrogens is 378 g/mol. The summed E-state index contributed by atoms with van der Waals surface area (Å²) in [5.41, 5.74) is 1.01. The highest BCUT2D eigenvalue weighted by atomic mass is 16.5. The van der Waals surface area contributed by atoms with Crippen LogP contribution in [0.4, 0.5) is 5.69 Å². The molecule has 0 heterocycles. The lowest BCUT2D eigenvalue weighted by atomic mass is 10.1. The number of ether oxygens (including phenoxy) is 5. The van der Waals surface area contributed by atoms with Crippen LogP contribution in [0.15, 0.2) is 36.4 Å². The maximum absolute atomic E-state index is 12.5. The number of rotatable bonds is 8. The molecule has 0 radical (unpaired) electrons. The molecule has 2 rings (SSSR count). The number of para-hydroxylation sites is 1. The molecule has 154 valence electrons. The van der Waals surface area contributed by atoms with Gasteiger partial charge in [0.25, 0.3) is 0 Å². The fraction of sp³-hybridized carbons (Fsp3) is 0.238. The summed E-state index contributed by atoms with van der Waals surface area (Å²) in [7, 11) is 7.20. The van der Waals surface area contributed by atoms with Gasteiger partial charge in [0.2, 0.25) is 5.91 Å². The molecule has 0 saturated heterocycles. The van der Waals surface area contributed by atoms with Crippen molar-refractivity contribution in [2.24, 2.45) is 0 Å². The molecule has 0 bridgehead atoms. The second-order valence-corrected chi connectivity index (χ2v) is 5.65. The smallest absolute Gasteiger partial charge is 0.340 e. The van der Waals surface area contributed by atoms with Crippen LogP contribution in [0.25, 0.3) is 6.08 Å². The minimum absolute atomic E-state index is 0.130. The van der Waals surface area contributed by atoms with E-state index in [4.69, 9.17) is 23.7 Å². The average Bonchev–Trinajstić information content (AvgIpc) is 2.76. The highest BCUT2D eigenvalue weighted by molar-refractivity contribution is 6.07. The highest BCUT2D eigenvalue weighted by Crippen LogP contribution is 2.34. The number of carbonyl (C=O) groups is 2. The number of esters is 1. The van der Waals surface area contributed by atoms with Crippen molar-refractivity contribution in [2.45, 2.75) is 0 Å². The van der Waals surface area contributed by atoms with Crippen LogP contribution in [-0.4, -0.2) is 47.4 Å². The summed E-state index contributed by atoms with van der Waals surface area (Å²) < 4.78 is 25.8. The van der Waals surface area contributed by atoms with Crippen molar-refractivity contribution in [3.05, 3.63) is 47.5 Å². The van der Waals surface area contributed by atoms with Crippen molar-refractivity contribution in [2.75, 3.05) is 40.9 Å². The molecule has 0 aliphatic rings. The van der Waals surface area contributed by atoms with Gasteiger partial charge in [-0.3, -0.25) is 4.79 Å². The molecule has 0 aliphatic carbocycles. The van der Waals surface area contributed by atoms with Gasteiger partial charge in [0.15, 0.2) is 23.0 Å². The molecule has 8 heteroatoms. The van der Waals surface area contributed by atoms with E-state index in [1.807, 2.05) is 0 Å². The van der Waals surface area contributed by atoms with Crippen molar-refractivity contribution in [3.63, 3.8) is 0 Å². The van der Waals surface area contributed by atoms with Crippen LogP contribution in [-0.2, 0) is 9.53 Å². The van der Waals surface area contributed by atoms with Crippen molar-refractivity contribution < 1.29 is 33.3 Å². The normalized spacial score (nSPS) is 10.4. The number of hydrogen-bond acceptors (Lipinski definition) is 7. The predicted molar refractivity (Wildman–Crippen MR) is 108 cm³/mol. The zero-order chi connectivity index (χ0) is 21.4. The fourth-order valence-electron chi connectivity index (χ4n) is 2.64. The Morgan fingerprint density at radius 1 is 0.862 bits per heavy atom. The van der Waals surface area contributed by atoms with Gasteiger partial charge in [-0.15, -0.1) is 0 Å². The lowest BCUT2D eigenvalue weighted by Crippen LogP contribution is -2.13. The maximum atomic E-state index is 12.5. The van der Waals surface area contributed by atoms with Gasteiger partial charge < -0.3 is 29.0 Å². The molecular formula is C21H23NO7. The molecule has 0 spiro atoms. The van der Waals surface area contributed by atoms with Gasteiger partial charge in [0.1, 0.15) is 0 Å². The van der Waals surface area contributed by atoms with Gasteiger partial charge in [-0.1, -0.05) is 12.1 Å². The van der Waals surface area contributed by atoms with Crippen LogP contribution < -0.4 is 24.3 Å². The summed E-state index contributed by atoms with van der Waals surface area (Å²) in [4.78, 5) is 24.6. The Morgan fingerprint density at radius 2 is 1.52 bits per heavy atom. The van der Waals surface area contributed by atoms with Crippen LogP contribution in [0.3, 0.4) is 0 Å². The third-order valence-electron chi connectivity index (χ3n) is 4.03. The Labute approximate surface area is 169 Å². The Balaban J connectivity index is 2.33. The standard InChI is InChI=1S/C21H23NO7/c1-25-16-8-6-7-13(20(16)28-4)9-10-19(23)22-15-12-18(27-3)17(26-2)11-14(15)21(24)29-5/h6-12H,1-5H3,(H,22,23)/b10-9+. The number of carbonyl (C=O) groups excluding carboxylic acids is 2. The summed E-state index contributed by atoms with van der Waals surface area (Å²) >= 11 is 0. The summed E-state index contributed by atoms with van der Waals surface area (Å²) in [6.45, 7) is 0. The topological polar surface area (TPSA) is 92.3 Å². The monoisotopic (exact) mass is 401 g/mol. The Kier molecular flexibility index (Phi) is 7.47. The lowest BCUT2D eigenvalue weighted by molar-refractivity contribution is -0.111. The zero-order valence-electron chi connectivity index (χ0n) is 16.9. The molecule has 1 amide bonds. The summed E-state index contributed by atoms with van der Waals surface area (Å²) in [6, 6.07) is 8.24. The number of benzene rings is 2. The van der Waals surface area contributed by atoms with Gasteiger partial charge in [-0.25, -0.2) is 4.79 Å². The second kappa shape index (κ2) is 10.0. The first kappa shape index (κ1) is 21.6. The van der Waals surface area contributed by atoms with Gasteiger partial charge in [0, 0.05) is 23.8 Å². The van der Waals surface area contributed by atoms with Crippen LogP contribution in [0.5, 0.6) is 23.0 Å². The summed E-state index contributed by atoms with van der Waals surface area (Å²) in [5.74, 6) is 0.645. The van der Waals surface area contributed by atoms with E-state index in [0.717, 1.165) is 0 Å². The van der Waals surface area contributed by atoms with E-state index >= 15 is 0 Å². The zero-order valence-corrected chi connectivity index (χ0v) is 16.9. The molecule has 29 heavy (non-hydrogen) atoms. The third-order valence-corrected chi connectivity index (χ3v) is 4.03. The number of methoxy groups -OCH3 is 5. The first-order valence-electron chi connectivity index (χ1n) is 8.53. The van der Waals surface area contributed by atoms with E-state index in [-0.39, 0.29) is 11.3 Å². The molecule has 1 N–H and O–H groups in total. The summed E-state index contributed by atoms with van der Waals surface area (Å²) in [6.07, 6.45) is 2.89. The fourth-order valence-corrected chi connectivity index (χ4v) is 2.64. The van der Waals surface area contributed by atoms with E-state index in [1.54, 1.807) is 24.3 Å². The van der Waals surface area contributed by atoms with Gasteiger partial charge in [-0.2, -0.15) is 0 Å². The third kappa shape index (κ3) is 4.98. The van der Waals surface area contributed by atoms with E-state index in [2.05, 4.69) is 5.32 Å². The highest BCUT2D eigenvalue weighted by Gasteiger charge is 2.18. The summed E-state index contributed by atoms with van der Waals surface area (Å²) in [5, 5.41) is 2.65. The molecule has 0 saturated carbocycles. The number of nitrogens with one attached hydrogen (secondary N) is 1. The van der Waals surface area contributed by atoms with Crippen LogP contribution in [0, 0.1) is 0 Å². The molecule has 8 nitrogen and oxygen atoms in total. The molecule has 0 fully saturated rings. The van der Waals surface area contributed by atoms with Gasteiger partial charge >= 0.3 is 5.97 Å². The Morgan fingerprint density at radius 3 is 2.10 bits per heavy atom. The molecule has 2 aromatic carbocycles. The lowest BCUT2D eigenvalue weighted by Gasteiger charge is -2.14. The minimum Gasteiger partial charge on any atom is -0.493 e. The van der Waals surface area contributed by atoms with Crippen molar-refractivity contribution in [1.29, 1.82) is 0 Å². The average molecular weight is 401 g/mol. The van der Waals surface area contributed by atoms with E-state index in [1.165, 1.54) is 53.8 Å². The van der Waals surface area contributed by atoms with Crippen molar-refractivity contribution >= 4 is 23.6 Å². The number of anilines is 1. The van der Waals surface area contributed by atoms with Crippen LogP contribution in [0.2, 0.25) is 0 Å². The van der Waals surface area contributed by atoms with Crippen molar-refractivity contribution in [1.82, 2.24) is 0 Å². The first-order valence-corrected chi connectivity index (χ1v) is 8.53. The van der Waals surface area contributed by atoms with Gasteiger partial charge in [0.05, 0.1) is 46.8 Å². The number of hydrogen-bond donors (Lipinski definition) is 1. The van der Waals surface area contributed by atoms with Crippen LogP contribution in [0.1, 0.15) is 15.9 Å². The minimum atomic E-state index is -0.625. The second-order valence-electron chi connectivity index (χ2n) is 5.65. The number of amides is 1. The van der Waals surface area contributed by atoms with Crippen LogP contribution >= 0.6 is 0 Å². The molecule has 0 aromatic heterocycles. The maximum Gasteiger partial charge on any atom is 0.340 e. The van der Waals surface area contributed by atoms with Gasteiger partial charge in [-0.05, 0) is 12.1 Å². The van der Waals surface area contributed by atoms with E-state index < -0.39 is 11.9 Å².